The van der Waals surface area contributed by atoms with E-state index in [9.17, 15) is 26.7 Å². The molecule has 0 spiro atoms. The molecule has 0 saturated carbocycles. The Labute approximate surface area is 188 Å². The maximum atomic E-state index is 13.7. The lowest BCUT2D eigenvalue weighted by Gasteiger charge is -2.40. The molecule has 0 aromatic heterocycles. The van der Waals surface area contributed by atoms with E-state index < -0.39 is 33.1 Å². The Bertz CT molecular complexity index is 1020. The molecule has 3 rings (SSSR count). The second-order valence-corrected chi connectivity index (χ2v) is 11.3. The molecule has 1 heterocycles. The summed E-state index contributed by atoms with van der Waals surface area (Å²) < 4.78 is 64.3. The molecule has 1 aliphatic rings. The standard InChI is InChI=1S/C24H30F3NO3S/c1-22(2,19-7-5-4-6-8-19)28-16-15-23(17-28,21(29)24(25,26)27)14-13-18-9-11-20(12-10-18)32(3,30)31/h4-12,21,29H,13-17H2,1-3H3/t21-,23+/m1/s1. The molecule has 0 radical (unpaired) electrons. The summed E-state index contributed by atoms with van der Waals surface area (Å²) in [5.41, 5.74) is -0.0637. The third-order valence-electron chi connectivity index (χ3n) is 6.81. The monoisotopic (exact) mass is 469 g/mol. The Morgan fingerprint density at radius 2 is 1.66 bits per heavy atom. The van der Waals surface area contributed by atoms with Crippen LogP contribution in [0.3, 0.4) is 0 Å². The molecule has 2 aromatic carbocycles. The summed E-state index contributed by atoms with van der Waals surface area (Å²) in [7, 11) is -3.34. The number of aliphatic hydroxyl groups excluding tert-OH is 1. The molecular formula is C24H30F3NO3S. The number of aryl methyl sites for hydroxylation is 1. The highest BCUT2D eigenvalue weighted by Crippen LogP contribution is 2.47. The second-order valence-electron chi connectivity index (χ2n) is 9.32. The third-order valence-corrected chi connectivity index (χ3v) is 7.94. The highest BCUT2D eigenvalue weighted by Gasteiger charge is 2.56. The zero-order valence-electron chi connectivity index (χ0n) is 18.6. The average Bonchev–Trinajstić information content (AvgIpc) is 3.18. The molecule has 2 aromatic rings. The van der Waals surface area contributed by atoms with Crippen molar-refractivity contribution in [2.45, 2.75) is 55.8 Å². The number of sulfone groups is 1. The Kier molecular flexibility index (Phi) is 6.80. The summed E-state index contributed by atoms with van der Waals surface area (Å²) in [4.78, 5) is 2.19. The number of rotatable bonds is 7. The number of hydrogen-bond donors (Lipinski definition) is 1. The van der Waals surface area contributed by atoms with Crippen molar-refractivity contribution in [3.05, 3.63) is 65.7 Å². The topological polar surface area (TPSA) is 57.6 Å². The summed E-state index contributed by atoms with van der Waals surface area (Å²) in [6.45, 7) is 4.55. The molecule has 0 bridgehead atoms. The van der Waals surface area contributed by atoms with Gasteiger partial charge in [0.1, 0.15) is 0 Å². The van der Waals surface area contributed by atoms with E-state index in [0.717, 1.165) is 17.4 Å². The second kappa shape index (κ2) is 8.80. The molecule has 32 heavy (non-hydrogen) atoms. The molecule has 4 nitrogen and oxygen atoms in total. The van der Waals surface area contributed by atoms with E-state index in [2.05, 4.69) is 0 Å². The largest absolute Gasteiger partial charge is 0.414 e. The minimum absolute atomic E-state index is 0.122. The van der Waals surface area contributed by atoms with E-state index in [1.807, 2.05) is 49.1 Å². The Morgan fingerprint density at radius 1 is 1.06 bits per heavy atom. The van der Waals surface area contributed by atoms with Crippen LogP contribution < -0.4 is 0 Å². The normalized spacial score (nSPS) is 21.6. The lowest BCUT2D eigenvalue weighted by atomic mass is 9.75. The van der Waals surface area contributed by atoms with Crippen LogP contribution in [0.25, 0.3) is 0 Å². The molecule has 1 aliphatic heterocycles. The van der Waals surface area contributed by atoms with Gasteiger partial charge in [-0.3, -0.25) is 4.90 Å². The van der Waals surface area contributed by atoms with Gasteiger partial charge in [-0.05, 0) is 62.9 Å². The van der Waals surface area contributed by atoms with Gasteiger partial charge in [0.2, 0.25) is 0 Å². The maximum Gasteiger partial charge on any atom is 0.414 e. The van der Waals surface area contributed by atoms with Crippen LogP contribution in [-0.2, 0) is 21.8 Å². The van der Waals surface area contributed by atoms with Gasteiger partial charge in [0, 0.05) is 23.8 Å². The number of benzene rings is 2. The Hall–Kier alpha value is -1.90. The summed E-state index contributed by atoms with van der Waals surface area (Å²) in [5.74, 6) is 0. The first-order valence-corrected chi connectivity index (χ1v) is 12.5. The van der Waals surface area contributed by atoms with Gasteiger partial charge in [-0.1, -0.05) is 42.5 Å². The fourth-order valence-electron chi connectivity index (χ4n) is 4.61. The fraction of sp³-hybridized carbons (Fsp3) is 0.500. The SMILES string of the molecule is CC(C)(c1ccccc1)N1CC[C@](CCc2ccc(S(C)(=O)=O)cc2)([C@@H](O)C(F)(F)F)C1. The molecule has 1 N–H and O–H groups in total. The van der Waals surface area contributed by atoms with Gasteiger partial charge in [0.25, 0.3) is 0 Å². The van der Waals surface area contributed by atoms with Crippen LogP contribution in [0.4, 0.5) is 13.2 Å². The molecule has 8 heteroatoms. The van der Waals surface area contributed by atoms with Gasteiger partial charge in [0.15, 0.2) is 15.9 Å². The summed E-state index contributed by atoms with van der Waals surface area (Å²) >= 11 is 0. The highest BCUT2D eigenvalue weighted by atomic mass is 32.2. The number of halogens is 3. The highest BCUT2D eigenvalue weighted by molar-refractivity contribution is 7.90. The lowest BCUT2D eigenvalue weighted by Crippen LogP contribution is -2.49. The van der Waals surface area contributed by atoms with Crippen molar-refractivity contribution in [2.24, 2.45) is 5.41 Å². The quantitative estimate of drug-likeness (QED) is 0.645. The third kappa shape index (κ3) is 5.18. The van der Waals surface area contributed by atoms with Crippen LogP contribution in [0.2, 0.25) is 0 Å². The van der Waals surface area contributed by atoms with Crippen molar-refractivity contribution >= 4 is 9.84 Å². The molecule has 0 amide bonds. The predicted octanol–water partition coefficient (Wildman–Crippen LogP) is 4.57. The van der Waals surface area contributed by atoms with Gasteiger partial charge < -0.3 is 5.11 Å². The average molecular weight is 470 g/mol. The summed E-state index contributed by atoms with van der Waals surface area (Å²) in [6.07, 6.45) is -5.34. The van der Waals surface area contributed by atoms with Gasteiger partial charge in [-0.25, -0.2) is 8.42 Å². The van der Waals surface area contributed by atoms with Crippen LogP contribution in [0.1, 0.15) is 37.8 Å². The lowest BCUT2D eigenvalue weighted by molar-refractivity contribution is -0.239. The Morgan fingerprint density at radius 3 is 2.19 bits per heavy atom. The number of aliphatic hydroxyl groups is 1. The Balaban J connectivity index is 1.83. The minimum Gasteiger partial charge on any atom is -0.383 e. The zero-order valence-corrected chi connectivity index (χ0v) is 19.4. The predicted molar refractivity (Wildman–Crippen MR) is 118 cm³/mol. The van der Waals surface area contributed by atoms with E-state index in [1.54, 1.807) is 12.1 Å². The zero-order chi connectivity index (χ0) is 23.8. The first-order valence-electron chi connectivity index (χ1n) is 10.6. The molecule has 2 atom stereocenters. The van der Waals surface area contributed by atoms with Gasteiger partial charge in [-0.2, -0.15) is 13.2 Å². The molecule has 0 unspecified atom stereocenters. The first-order chi connectivity index (χ1) is 14.8. The van der Waals surface area contributed by atoms with Crippen molar-refractivity contribution in [1.82, 2.24) is 4.90 Å². The van der Waals surface area contributed by atoms with Gasteiger partial charge in [0.05, 0.1) is 4.90 Å². The van der Waals surface area contributed by atoms with E-state index >= 15 is 0 Å². The molecule has 1 fully saturated rings. The van der Waals surface area contributed by atoms with E-state index in [-0.39, 0.29) is 24.3 Å². The van der Waals surface area contributed by atoms with Gasteiger partial charge in [-0.15, -0.1) is 0 Å². The number of nitrogens with zero attached hydrogens (tertiary/aromatic N) is 1. The van der Waals surface area contributed by atoms with Crippen LogP contribution in [-0.4, -0.2) is 50.0 Å². The summed E-state index contributed by atoms with van der Waals surface area (Å²) in [6, 6.07) is 15.8. The minimum atomic E-state index is -4.72. The first kappa shape index (κ1) is 24.7. The fourth-order valence-corrected chi connectivity index (χ4v) is 5.24. The van der Waals surface area contributed by atoms with Gasteiger partial charge >= 0.3 is 6.18 Å². The van der Waals surface area contributed by atoms with E-state index in [1.165, 1.54) is 12.1 Å². The molecular weight excluding hydrogens is 439 g/mol. The maximum absolute atomic E-state index is 13.7. The van der Waals surface area contributed by atoms with Crippen LogP contribution in [0, 0.1) is 5.41 Å². The molecule has 0 aliphatic carbocycles. The van der Waals surface area contributed by atoms with Crippen molar-refractivity contribution in [2.75, 3.05) is 19.3 Å². The molecule has 176 valence electrons. The van der Waals surface area contributed by atoms with E-state index in [4.69, 9.17) is 0 Å². The van der Waals surface area contributed by atoms with Crippen molar-refractivity contribution < 1.29 is 26.7 Å². The molecule has 1 saturated heterocycles. The number of alkyl halides is 3. The van der Waals surface area contributed by atoms with E-state index in [0.29, 0.717) is 13.0 Å². The van der Waals surface area contributed by atoms with Crippen LogP contribution in [0.15, 0.2) is 59.5 Å². The number of hydrogen-bond acceptors (Lipinski definition) is 4. The van der Waals surface area contributed by atoms with Crippen molar-refractivity contribution in [3.8, 4) is 0 Å². The van der Waals surface area contributed by atoms with Crippen LogP contribution >= 0.6 is 0 Å². The number of likely N-dealkylation sites (tertiary alicyclic amines) is 1. The van der Waals surface area contributed by atoms with Crippen LogP contribution in [0.5, 0.6) is 0 Å². The van der Waals surface area contributed by atoms with Crippen molar-refractivity contribution in [3.63, 3.8) is 0 Å². The summed E-state index contributed by atoms with van der Waals surface area (Å²) in [5, 5.41) is 10.4. The van der Waals surface area contributed by atoms with Crippen molar-refractivity contribution in [1.29, 1.82) is 0 Å². The smallest absolute Gasteiger partial charge is 0.383 e.